The minimum atomic E-state index is -1.16. The molecule has 0 heterocycles. The summed E-state index contributed by atoms with van der Waals surface area (Å²) in [7, 11) is 0. The Labute approximate surface area is 117 Å². The number of anilines is 1. The molecule has 1 rings (SSSR count). The van der Waals surface area contributed by atoms with E-state index in [1.54, 1.807) is 0 Å². The number of aliphatic carboxylic acids is 1. The van der Waals surface area contributed by atoms with Crippen LogP contribution in [-0.4, -0.2) is 17.0 Å². The molecule has 0 aliphatic rings. The summed E-state index contributed by atoms with van der Waals surface area (Å²) < 4.78 is 13.5. The second-order valence-electron chi connectivity index (χ2n) is 5.69. The van der Waals surface area contributed by atoms with Crippen LogP contribution < -0.4 is 5.32 Å². The molecule has 0 saturated carbocycles. The predicted octanol–water partition coefficient (Wildman–Crippen LogP) is 3.30. The highest BCUT2D eigenvalue weighted by Gasteiger charge is 2.16. The second kappa shape index (κ2) is 6.32. The van der Waals surface area contributed by atoms with Crippen molar-refractivity contribution in [1.82, 2.24) is 0 Å². The molecular formula is C15H18FNO3. The van der Waals surface area contributed by atoms with E-state index < -0.39 is 11.8 Å². The number of carbonyl (C=O) groups excluding carboxylic acids is 1. The highest BCUT2D eigenvalue weighted by Crippen LogP contribution is 2.21. The van der Waals surface area contributed by atoms with Crippen molar-refractivity contribution in [2.45, 2.75) is 27.2 Å². The van der Waals surface area contributed by atoms with Gasteiger partial charge in [-0.25, -0.2) is 9.18 Å². The van der Waals surface area contributed by atoms with Gasteiger partial charge in [-0.1, -0.05) is 20.8 Å². The summed E-state index contributed by atoms with van der Waals surface area (Å²) in [6.45, 7) is 5.83. The van der Waals surface area contributed by atoms with Crippen LogP contribution in [0.25, 0.3) is 6.08 Å². The molecule has 0 unspecified atom stereocenters. The van der Waals surface area contributed by atoms with Crippen LogP contribution in [0.4, 0.5) is 10.1 Å². The van der Waals surface area contributed by atoms with Crippen molar-refractivity contribution >= 4 is 23.6 Å². The van der Waals surface area contributed by atoms with Gasteiger partial charge in [0.2, 0.25) is 5.91 Å². The first-order chi connectivity index (χ1) is 9.17. The van der Waals surface area contributed by atoms with Gasteiger partial charge >= 0.3 is 5.97 Å². The molecule has 5 heteroatoms. The third-order valence-electron chi connectivity index (χ3n) is 2.38. The van der Waals surface area contributed by atoms with E-state index in [-0.39, 0.29) is 16.9 Å². The molecular weight excluding hydrogens is 261 g/mol. The Bertz CT molecular complexity index is 545. The molecule has 0 aliphatic carbocycles. The van der Waals surface area contributed by atoms with E-state index in [0.717, 1.165) is 12.2 Å². The van der Waals surface area contributed by atoms with Gasteiger partial charge in [0, 0.05) is 23.7 Å². The molecule has 1 amide bonds. The number of carboxylic acid groups (broad SMARTS) is 1. The van der Waals surface area contributed by atoms with Crippen molar-refractivity contribution in [2.75, 3.05) is 5.32 Å². The van der Waals surface area contributed by atoms with E-state index in [1.165, 1.54) is 18.2 Å². The second-order valence-corrected chi connectivity index (χ2v) is 5.69. The van der Waals surface area contributed by atoms with Crippen molar-refractivity contribution < 1.29 is 19.1 Å². The Morgan fingerprint density at radius 2 is 2.00 bits per heavy atom. The lowest BCUT2D eigenvalue weighted by Crippen LogP contribution is -2.19. The Morgan fingerprint density at radius 3 is 2.55 bits per heavy atom. The minimum Gasteiger partial charge on any atom is -0.478 e. The van der Waals surface area contributed by atoms with Crippen LogP contribution in [0.2, 0.25) is 0 Å². The molecule has 4 nitrogen and oxygen atoms in total. The lowest BCUT2D eigenvalue weighted by Gasteiger charge is -2.17. The van der Waals surface area contributed by atoms with E-state index >= 15 is 0 Å². The summed E-state index contributed by atoms with van der Waals surface area (Å²) in [4.78, 5) is 22.2. The zero-order valence-electron chi connectivity index (χ0n) is 11.7. The lowest BCUT2D eigenvalue weighted by atomic mass is 9.92. The van der Waals surface area contributed by atoms with Crippen LogP contribution in [0.5, 0.6) is 0 Å². The van der Waals surface area contributed by atoms with Gasteiger partial charge in [0.25, 0.3) is 0 Å². The molecule has 0 bridgehead atoms. The number of benzene rings is 1. The molecule has 0 fully saturated rings. The summed E-state index contributed by atoms with van der Waals surface area (Å²) >= 11 is 0. The number of hydrogen-bond acceptors (Lipinski definition) is 2. The quantitative estimate of drug-likeness (QED) is 0.831. The van der Waals surface area contributed by atoms with Crippen LogP contribution in [-0.2, 0) is 9.59 Å². The molecule has 1 aromatic rings. The molecule has 0 spiro atoms. The third kappa shape index (κ3) is 5.65. The fourth-order valence-electron chi connectivity index (χ4n) is 1.60. The minimum absolute atomic E-state index is 0.112. The number of halogens is 1. The van der Waals surface area contributed by atoms with Gasteiger partial charge in [-0.15, -0.1) is 0 Å². The largest absolute Gasteiger partial charge is 0.478 e. The van der Waals surface area contributed by atoms with Gasteiger partial charge in [-0.2, -0.15) is 0 Å². The summed E-state index contributed by atoms with van der Waals surface area (Å²) in [6.07, 6.45) is 2.33. The zero-order chi connectivity index (χ0) is 15.3. The monoisotopic (exact) mass is 279 g/mol. The average Bonchev–Trinajstić information content (AvgIpc) is 2.27. The fraction of sp³-hybridized carbons (Fsp3) is 0.333. The van der Waals surface area contributed by atoms with Crippen LogP contribution in [0, 0.1) is 11.2 Å². The fourth-order valence-corrected chi connectivity index (χ4v) is 1.60. The van der Waals surface area contributed by atoms with Crippen LogP contribution in [0.1, 0.15) is 32.8 Å². The van der Waals surface area contributed by atoms with Gasteiger partial charge in [0.1, 0.15) is 5.82 Å². The van der Waals surface area contributed by atoms with Crippen LogP contribution in [0.3, 0.4) is 0 Å². The molecule has 1 aromatic carbocycles. The molecule has 0 aromatic heterocycles. The first-order valence-corrected chi connectivity index (χ1v) is 6.18. The third-order valence-corrected chi connectivity index (χ3v) is 2.38. The van der Waals surface area contributed by atoms with Gasteiger partial charge in [0.15, 0.2) is 0 Å². The van der Waals surface area contributed by atoms with E-state index in [9.17, 15) is 14.0 Å². The standard InChI is InChI=1S/C15H18FNO3/c1-15(2,3)9-13(18)17-11-5-6-12(16)10(8-11)4-7-14(19)20/h4-8H,9H2,1-3H3,(H,17,18)(H,19,20)/b7-4+. The average molecular weight is 279 g/mol. The molecule has 108 valence electrons. The number of nitrogens with one attached hydrogen (secondary N) is 1. The number of rotatable bonds is 4. The van der Waals surface area contributed by atoms with Gasteiger partial charge in [-0.3, -0.25) is 4.79 Å². The van der Waals surface area contributed by atoms with Crippen molar-refractivity contribution in [3.63, 3.8) is 0 Å². The van der Waals surface area contributed by atoms with Gasteiger partial charge in [0.05, 0.1) is 0 Å². The van der Waals surface area contributed by atoms with Crippen molar-refractivity contribution in [1.29, 1.82) is 0 Å². The first-order valence-electron chi connectivity index (χ1n) is 6.18. The van der Waals surface area contributed by atoms with Crippen molar-refractivity contribution in [3.05, 3.63) is 35.7 Å². The predicted molar refractivity (Wildman–Crippen MR) is 75.8 cm³/mol. The highest BCUT2D eigenvalue weighted by atomic mass is 19.1. The van der Waals surface area contributed by atoms with E-state index in [4.69, 9.17) is 5.11 Å². The topological polar surface area (TPSA) is 66.4 Å². The zero-order valence-corrected chi connectivity index (χ0v) is 11.7. The van der Waals surface area contributed by atoms with Crippen LogP contribution in [0.15, 0.2) is 24.3 Å². The van der Waals surface area contributed by atoms with Crippen molar-refractivity contribution in [2.24, 2.45) is 5.41 Å². The Kier molecular flexibility index (Phi) is 5.02. The molecule has 0 radical (unpaired) electrons. The maximum absolute atomic E-state index is 13.5. The van der Waals surface area contributed by atoms with E-state index in [2.05, 4.69) is 5.32 Å². The van der Waals surface area contributed by atoms with Gasteiger partial charge in [-0.05, 0) is 29.7 Å². The number of amides is 1. The summed E-state index contributed by atoms with van der Waals surface area (Å²) in [5, 5.41) is 11.2. The normalized spacial score (nSPS) is 11.6. The van der Waals surface area contributed by atoms with E-state index in [1.807, 2.05) is 20.8 Å². The van der Waals surface area contributed by atoms with E-state index in [0.29, 0.717) is 12.1 Å². The van der Waals surface area contributed by atoms with Crippen molar-refractivity contribution in [3.8, 4) is 0 Å². The molecule has 2 N–H and O–H groups in total. The molecule has 0 aliphatic heterocycles. The molecule has 0 saturated heterocycles. The maximum Gasteiger partial charge on any atom is 0.328 e. The molecule has 20 heavy (non-hydrogen) atoms. The number of hydrogen-bond donors (Lipinski definition) is 2. The maximum atomic E-state index is 13.5. The van der Waals surface area contributed by atoms with Gasteiger partial charge < -0.3 is 10.4 Å². The number of carbonyl (C=O) groups is 2. The summed E-state index contributed by atoms with van der Waals surface area (Å²) in [5.74, 6) is -1.87. The SMILES string of the molecule is CC(C)(C)CC(=O)Nc1ccc(F)c(/C=C/C(=O)O)c1. The summed E-state index contributed by atoms with van der Waals surface area (Å²) in [6, 6.07) is 4.03. The summed E-state index contributed by atoms with van der Waals surface area (Å²) in [5.41, 5.74) is 0.405. The Morgan fingerprint density at radius 1 is 1.35 bits per heavy atom. The lowest BCUT2D eigenvalue weighted by molar-refractivity contribution is -0.131. The molecule has 0 atom stereocenters. The van der Waals surface area contributed by atoms with Crippen LogP contribution >= 0.6 is 0 Å². The smallest absolute Gasteiger partial charge is 0.328 e. The highest BCUT2D eigenvalue weighted by molar-refractivity contribution is 5.91. The number of carboxylic acids is 1. The first kappa shape index (κ1) is 15.9. The Hall–Kier alpha value is -2.17. The Balaban J connectivity index is 2.85.